The van der Waals surface area contributed by atoms with E-state index in [-0.39, 0.29) is 6.23 Å². The van der Waals surface area contributed by atoms with Crippen molar-refractivity contribution in [3.63, 3.8) is 0 Å². The van der Waals surface area contributed by atoms with Gasteiger partial charge < -0.3 is 9.47 Å². The fraction of sp³-hybridized carbons (Fsp3) is 1.00. The van der Waals surface area contributed by atoms with E-state index in [9.17, 15) is 0 Å². The number of methoxy groups -OCH3 is 1. The predicted molar refractivity (Wildman–Crippen MR) is 48.0 cm³/mol. The van der Waals surface area contributed by atoms with Gasteiger partial charge in [0.15, 0.2) is 0 Å². The number of hydrogen-bond acceptors (Lipinski definition) is 3. The molecule has 1 heterocycles. The maximum Gasteiger partial charge on any atom is 0.108 e. The van der Waals surface area contributed by atoms with Gasteiger partial charge in [0.05, 0.1) is 12.7 Å². The van der Waals surface area contributed by atoms with E-state index in [1.165, 1.54) is 0 Å². The average Bonchev–Trinajstić information content (AvgIpc) is 2.36. The second-order valence-corrected chi connectivity index (χ2v) is 3.64. The highest BCUT2D eigenvalue weighted by Crippen LogP contribution is 2.15. The SMILES string of the molecule is COCC1CNC(OC(C)C)C1. The lowest BCUT2D eigenvalue weighted by molar-refractivity contribution is -0.00396. The highest BCUT2D eigenvalue weighted by Gasteiger charge is 2.24. The molecule has 0 saturated carbocycles. The topological polar surface area (TPSA) is 30.5 Å². The molecule has 12 heavy (non-hydrogen) atoms. The van der Waals surface area contributed by atoms with Crippen molar-refractivity contribution in [2.24, 2.45) is 5.92 Å². The molecule has 1 fully saturated rings. The number of nitrogens with one attached hydrogen (secondary N) is 1. The molecule has 0 bridgehead atoms. The van der Waals surface area contributed by atoms with Gasteiger partial charge in [-0.2, -0.15) is 0 Å². The van der Waals surface area contributed by atoms with E-state index < -0.39 is 0 Å². The minimum atomic E-state index is 0.241. The summed E-state index contributed by atoms with van der Waals surface area (Å²) in [6, 6.07) is 0. The fourth-order valence-corrected chi connectivity index (χ4v) is 1.56. The third kappa shape index (κ3) is 3.09. The third-order valence-electron chi connectivity index (χ3n) is 2.02. The molecule has 1 rings (SSSR count). The molecule has 1 aliphatic rings. The van der Waals surface area contributed by atoms with Crippen LogP contribution in [-0.2, 0) is 9.47 Å². The largest absolute Gasteiger partial charge is 0.384 e. The van der Waals surface area contributed by atoms with Crippen molar-refractivity contribution in [3.8, 4) is 0 Å². The summed E-state index contributed by atoms with van der Waals surface area (Å²) in [7, 11) is 1.75. The quantitative estimate of drug-likeness (QED) is 0.688. The van der Waals surface area contributed by atoms with Crippen molar-refractivity contribution in [1.82, 2.24) is 5.32 Å². The second kappa shape index (κ2) is 4.80. The smallest absolute Gasteiger partial charge is 0.108 e. The van der Waals surface area contributed by atoms with E-state index in [0.29, 0.717) is 12.0 Å². The first-order valence-corrected chi connectivity index (χ1v) is 4.60. The van der Waals surface area contributed by atoms with Crippen LogP contribution in [0.2, 0.25) is 0 Å². The van der Waals surface area contributed by atoms with Crippen molar-refractivity contribution in [3.05, 3.63) is 0 Å². The number of hydrogen-bond donors (Lipinski definition) is 1. The third-order valence-corrected chi connectivity index (χ3v) is 2.02. The molecule has 1 aliphatic heterocycles. The lowest BCUT2D eigenvalue weighted by atomic mass is 10.1. The van der Waals surface area contributed by atoms with Gasteiger partial charge in [-0.15, -0.1) is 0 Å². The van der Waals surface area contributed by atoms with Crippen LogP contribution in [0.4, 0.5) is 0 Å². The monoisotopic (exact) mass is 173 g/mol. The van der Waals surface area contributed by atoms with Crippen LogP contribution in [0.25, 0.3) is 0 Å². The van der Waals surface area contributed by atoms with Gasteiger partial charge in [-0.1, -0.05) is 0 Å². The maximum absolute atomic E-state index is 5.62. The van der Waals surface area contributed by atoms with Crippen molar-refractivity contribution >= 4 is 0 Å². The van der Waals surface area contributed by atoms with Crippen LogP contribution < -0.4 is 5.32 Å². The molecule has 1 N–H and O–H groups in total. The molecular formula is C9H19NO2. The summed E-state index contributed by atoms with van der Waals surface area (Å²) in [5.74, 6) is 0.624. The van der Waals surface area contributed by atoms with Gasteiger partial charge in [0.2, 0.25) is 0 Å². The Bertz CT molecular complexity index is 128. The van der Waals surface area contributed by atoms with E-state index in [2.05, 4.69) is 19.2 Å². The summed E-state index contributed by atoms with van der Waals surface area (Å²) < 4.78 is 10.7. The molecule has 0 radical (unpaired) electrons. The zero-order valence-electron chi connectivity index (χ0n) is 8.17. The molecule has 0 aliphatic carbocycles. The van der Waals surface area contributed by atoms with Gasteiger partial charge in [-0.05, 0) is 26.2 Å². The van der Waals surface area contributed by atoms with Crippen molar-refractivity contribution in [2.75, 3.05) is 20.3 Å². The van der Waals surface area contributed by atoms with E-state index >= 15 is 0 Å². The Labute approximate surface area is 74.4 Å². The first-order chi connectivity index (χ1) is 5.72. The molecule has 2 unspecified atom stereocenters. The van der Waals surface area contributed by atoms with Crippen LogP contribution in [0.5, 0.6) is 0 Å². The first kappa shape index (κ1) is 9.96. The summed E-state index contributed by atoms with van der Waals surface area (Å²) in [6.07, 6.45) is 1.63. The van der Waals surface area contributed by atoms with E-state index in [1.54, 1.807) is 7.11 Å². The molecule has 3 heteroatoms. The van der Waals surface area contributed by atoms with E-state index in [1.807, 2.05) is 0 Å². The highest BCUT2D eigenvalue weighted by atomic mass is 16.5. The standard InChI is InChI=1S/C9H19NO2/c1-7(2)12-9-4-8(5-10-9)6-11-3/h7-10H,4-6H2,1-3H3. The van der Waals surface area contributed by atoms with E-state index in [4.69, 9.17) is 9.47 Å². The van der Waals surface area contributed by atoms with E-state index in [0.717, 1.165) is 19.6 Å². The highest BCUT2D eigenvalue weighted by molar-refractivity contribution is 4.75. The molecule has 3 nitrogen and oxygen atoms in total. The molecule has 0 spiro atoms. The van der Waals surface area contributed by atoms with Crippen LogP contribution in [0.3, 0.4) is 0 Å². The van der Waals surface area contributed by atoms with Crippen LogP contribution >= 0.6 is 0 Å². The van der Waals surface area contributed by atoms with Crippen LogP contribution in [0.1, 0.15) is 20.3 Å². The summed E-state index contributed by atoms with van der Waals surface area (Å²) in [6.45, 7) is 5.98. The van der Waals surface area contributed by atoms with Crippen LogP contribution in [0.15, 0.2) is 0 Å². The molecule has 72 valence electrons. The zero-order chi connectivity index (χ0) is 8.97. The Morgan fingerprint density at radius 2 is 2.25 bits per heavy atom. The maximum atomic E-state index is 5.62. The Morgan fingerprint density at radius 3 is 2.83 bits per heavy atom. The predicted octanol–water partition coefficient (Wildman–Crippen LogP) is 0.993. The van der Waals surface area contributed by atoms with Gasteiger partial charge in [-0.3, -0.25) is 5.32 Å². The molecule has 0 aromatic carbocycles. The zero-order valence-corrected chi connectivity index (χ0v) is 8.17. The lowest BCUT2D eigenvalue weighted by Gasteiger charge is -2.14. The van der Waals surface area contributed by atoms with Gasteiger partial charge in [-0.25, -0.2) is 0 Å². The Kier molecular flexibility index (Phi) is 3.98. The number of ether oxygens (including phenoxy) is 2. The Balaban J connectivity index is 2.16. The Morgan fingerprint density at radius 1 is 1.50 bits per heavy atom. The fourth-order valence-electron chi connectivity index (χ4n) is 1.56. The molecule has 0 aromatic heterocycles. The van der Waals surface area contributed by atoms with Crippen molar-refractivity contribution in [2.45, 2.75) is 32.6 Å². The molecule has 0 amide bonds. The summed E-state index contributed by atoms with van der Waals surface area (Å²) in [4.78, 5) is 0. The number of rotatable bonds is 4. The van der Waals surface area contributed by atoms with Gasteiger partial charge in [0.25, 0.3) is 0 Å². The first-order valence-electron chi connectivity index (χ1n) is 4.60. The van der Waals surface area contributed by atoms with Crippen LogP contribution in [0, 0.1) is 5.92 Å². The molecule has 0 aromatic rings. The summed E-state index contributed by atoms with van der Waals surface area (Å²) in [5, 5.41) is 3.32. The lowest BCUT2D eigenvalue weighted by Crippen LogP contribution is -2.27. The summed E-state index contributed by atoms with van der Waals surface area (Å²) >= 11 is 0. The minimum absolute atomic E-state index is 0.241. The van der Waals surface area contributed by atoms with Crippen LogP contribution in [-0.4, -0.2) is 32.6 Å². The van der Waals surface area contributed by atoms with Crippen molar-refractivity contribution in [1.29, 1.82) is 0 Å². The minimum Gasteiger partial charge on any atom is -0.384 e. The van der Waals surface area contributed by atoms with Gasteiger partial charge in [0.1, 0.15) is 6.23 Å². The molecule has 1 saturated heterocycles. The summed E-state index contributed by atoms with van der Waals surface area (Å²) in [5.41, 5.74) is 0. The normalized spacial score (nSPS) is 30.0. The second-order valence-electron chi connectivity index (χ2n) is 3.64. The van der Waals surface area contributed by atoms with Crippen molar-refractivity contribution < 1.29 is 9.47 Å². The Hall–Kier alpha value is -0.120. The molecule has 2 atom stereocenters. The van der Waals surface area contributed by atoms with Gasteiger partial charge in [0, 0.05) is 13.7 Å². The molecular weight excluding hydrogens is 154 g/mol. The van der Waals surface area contributed by atoms with Gasteiger partial charge >= 0.3 is 0 Å². The average molecular weight is 173 g/mol.